The topological polar surface area (TPSA) is 196 Å². The molecule has 7 aliphatic heterocycles. The molecule has 0 spiro atoms. The molecule has 7 fully saturated rings. The third-order valence-corrected chi connectivity index (χ3v) is 16.2. The predicted molar refractivity (Wildman–Crippen MR) is 205 cm³/mol. The number of amides is 6. The van der Waals surface area contributed by atoms with Crippen LogP contribution in [0.1, 0.15) is 91.9 Å². The van der Waals surface area contributed by atoms with E-state index in [2.05, 4.69) is 0 Å². The number of thioether (sulfide) groups is 2. The Morgan fingerprint density at radius 1 is 0.571 bits per heavy atom. The monoisotopic (exact) mass is 818 g/mol. The lowest BCUT2D eigenvalue weighted by atomic mass is 9.95. The van der Waals surface area contributed by atoms with Crippen LogP contribution in [0.4, 0.5) is 0 Å². The van der Waals surface area contributed by atoms with Gasteiger partial charge in [-0.2, -0.15) is 0 Å². The van der Waals surface area contributed by atoms with Crippen LogP contribution in [0.15, 0.2) is 0 Å². The number of carbonyl (C=O) groups is 8. The maximum Gasteiger partial charge on any atom is 0.326 e. The number of aliphatic carboxylic acids is 2. The second kappa shape index (κ2) is 15.3. The molecule has 0 unspecified atom stereocenters. The van der Waals surface area contributed by atoms with E-state index in [0.717, 1.165) is 0 Å². The fourth-order valence-electron chi connectivity index (χ4n) is 10.5. The average molecular weight is 819 g/mol. The summed E-state index contributed by atoms with van der Waals surface area (Å²) in [6.07, 6.45) is 3.94. The van der Waals surface area contributed by atoms with E-state index in [9.17, 15) is 48.6 Å². The van der Waals surface area contributed by atoms with Gasteiger partial charge in [0.25, 0.3) is 0 Å². The Morgan fingerprint density at radius 2 is 0.946 bits per heavy atom. The highest BCUT2D eigenvalue weighted by atomic mass is 32.2. The van der Waals surface area contributed by atoms with Crippen molar-refractivity contribution in [3.8, 4) is 0 Å². The van der Waals surface area contributed by atoms with Crippen molar-refractivity contribution >= 4 is 70.9 Å². The van der Waals surface area contributed by atoms with Crippen LogP contribution >= 0.6 is 23.5 Å². The van der Waals surface area contributed by atoms with E-state index in [-0.39, 0.29) is 49.6 Å². The zero-order valence-electron chi connectivity index (χ0n) is 32.6. The third-order valence-electron chi connectivity index (χ3n) is 13.5. The van der Waals surface area contributed by atoms with Crippen LogP contribution in [0.3, 0.4) is 0 Å². The van der Waals surface area contributed by atoms with Crippen molar-refractivity contribution in [2.75, 3.05) is 39.3 Å². The number of nitrogens with zero attached hydrogens (tertiary/aromatic N) is 6. The zero-order chi connectivity index (χ0) is 40.4. The molecule has 4 bridgehead atoms. The highest BCUT2D eigenvalue weighted by Crippen LogP contribution is 2.41. The first kappa shape index (κ1) is 40.6. The van der Waals surface area contributed by atoms with E-state index in [4.69, 9.17) is 0 Å². The standard InChI is InChI=1S/C38H54N6O10S2/c1-21-29(45)43-15-7-11-37(43,3)35(53)39-13-5-10-26(39)32(48)42-20-24(18-28(42)34(51)52)56-22(2)30(46)44-16-8-12-38(44,4)36(54)40-14-6-9-25(40)31(47)41-19-23(55-21)17-27(41)33(49)50/h21-28H,5-20H2,1-4H3,(H,49,50)(H,51,52)/t21-,22-,23-,24-,25-,26-,27-,28-,37-,38-/m0/s1. The summed E-state index contributed by atoms with van der Waals surface area (Å²) >= 11 is 2.56. The van der Waals surface area contributed by atoms with Crippen molar-refractivity contribution in [3.63, 3.8) is 0 Å². The zero-order valence-corrected chi connectivity index (χ0v) is 34.2. The maximum atomic E-state index is 14.5. The van der Waals surface area contributed by atoms with Crippen LogP contribution in [-0.2, 0) is 38.4 Å². The van der Waals surface area contributed by atoms with Crippen LogP contribution in [0.5, 0.6) is 0 Å². The Hall–Kier alpha value is -3.54. The minimum atomic E-state index is -1.24. The van der Waals surface area contributed by atoms with Gasteiger partial charge in [-0.15, -0.1) is 23.5 Å². The molecule has 0 aromatic carbocycles. The molecule has 7 saturated heterocycles. The summed E-state index contributed by atoms with van der Waals surface area (Å²) in [7, 11) is 0. The summed E-state index contributed by atoms with van der Waals surface area (Å²) in [4.78, 5) is 120. The molecule has 0 aromatic rings. The van der Waals surface area contributed by atoms with E-state index >= 15 is 0 Å². The van der Waals surface area contributed by atoms with E-state index in [1.54, 1.807) is 37.5 Å². The Balaban J connectivity index is 1.22. The summed E-state index contributed by atoms with van der Waals surface area (Å²) < 4.78 is 0. The number of carboxylic acid groups (broad SMARTS) is 2. The van der Waals surface area contributed by atoms with E-state index in [1.165, 1.54) is 43.1 Å². The van der Waals surface area contributed by atoms with Gasteiger partial charge in [0.2, 0.25) is 35.4 Å². The summed E-state index contributed by atoms with van der Waals surface area (Å²) in [6.45, 7) is 8.30. The Bertz CT molecular complexity index is 1580. The second-order valence-corrected chi connectivity index (χ2v) is 20.3. The molecule has 7 aliphatic rings. The molecule has 7 heterocycles. The Kier molecular flexibility index (Phi) is 11.1. The second-order valence-electron chi connectivity index (χ2n) is 17.0. The van der Waals surface area contributed by atoms with Crippen LogP contribution in [0, 0.1) is 0 Å². The molecule has 56 heavy (non-hydrogen) atoms. The molecule has 7 rings (SSSR count). The van der Waals surface area contributed by atoms with Gasteiger partial charge < -0.3 is 39.6 Å². The first-order valence-electron chi connectivity index (χ1n) is 20.1. The molecular weight excluding hydrogens is 765 g/mol. The van der Waals surface area contributed by atoms with Gasteiger partial charge in [-0.25, -0.2) is 9.59 Å². The largest absolute Gasteiger partial charge is 0.480 e. The summed E-state index contributed by atoms with van der Waals surface area (Å²) in [5.41, 5.74) is -2.48. The molecule has 18 heteroatoms. The van der Waals surface area contributed by atoms with Crippen molar-refractivity contribution in [2.24, 2.45) is 0 Å². The molecule has 2 N–H and O–H groups in total. The summed E-state index contributed by atoms with van der Waals surface area (Å²) in [5.74, 6) is -4.49. The SMILES string of the molecule is C[C@@H]1S[C@H]2C[C@@H](C(=O)O)N(C2)C(=O)[C@@H]2CCCN2C(=O)[C@]2(C)CCCN2C(=O)[C@H](C)S[C@H]2C[C@@H](C(=O)O)N(C2)C(=O)[C@@H]2CCCN2C(=O)[C@]2(C)CCCN2C1=O. The van der Waals surface area contributed by atoms with Gasteiger partial charge in [-0.3, -0.25) is 28.8 Å². The molecule has 16 nitrogen and oxygen atoms in total. The van der Waals surface area contributed by atoms with Crippen molar-refractivity contribution in [1.82, 2.24) is 29.4 Å². The first-order chi connectivity index (χ1) is 26.5. The van der Waals surface area contributed by atoms with Gasteiger partial charge in [0.05, 0.1) is 10.5 Å². The van der Waals surface area contributed by atoms with Crippen molar-refractivity contribution in [1.29, 1.82) is 0 Å². The molecule has 10 atom stereocenters. The minimum absolute atomic E-state index is 0.0794. The number of hydrogen-bond acceptors (Lipinski definition) is 10. The van der Waals surface area contributed by atoms with Gasteiger partial charge in [0, 0.05) is 49.8 Å². The normalized spacial score (nSPS) is 38.9. The lowest BCUT2D eigenvalue weighted by molar-refractivity contribution is -0.156. The van der Waals surface area contributed by atoms with Gasteiger partial charge in [0.15, 0.2) is 0 Å². The van der Waals surface area contributed by atoms with E-state index in [1.807, 2.05) is 0 Å². The number of carboxylic acids is 2. The van der Waals surface area contributed by atoms with E-state index in [0.29, 0.717) is 77.5 Å². The quantitative estimate of drug-likeness (QED) is 0.404. The fraction of sp³-hybridized carbons (Fsp3) is 0.789. The first-order valence-corrected chi connectivity index (χ1v) is 22.0. The minimum Gasteiger partial charge on any atom is -0.480 e. The predicted octanol–water partition coefficient (Wildman–Crippen LogP) is 1.10. The van der Waals surface area contributed by atoms with Gasteiger partial charge >= 0.3 is 11.9 Å². The van der Waals surface area contributed by atoms with Crippen molar-refractivity contribution < 1.29 is 48.6 Å². The lowest BCUT2D eigenvalue weighted by Crippen LogP contribution is -2.61. The summed E-state index contributed by atoms with van der Waals surface area (Å²) in [5, 5.41) is 18.4. The van der Waals surface area contributed by atoms with Gasteiger partial charge in [-0.1, -0.05) is 0 Å². The van der Waals surface area contributed by atoms with Crippen LogP contribution in [-0.4, -0.2) is 183 Å². The highest BCUT2D eigenvalue weighted by Gasteiger charge is 2.55. The van der Waals surface area contributed by atoms with Gasteiger partial charge in [-0.05, 0) is 91.9 Å². The Labute approximate surface area is 335 Å². The maximum absolute atomic E-state index is 14.5. The molecule has 308 valence electrons. The highest BCUT2D eigenvalue weighted by molar-refractivity contribution is 8.01. The molecule has 0 saturated carbocycles. The number of carbonyl (C=O) groups excluding carboxylic acids is 6. The molecule has 0 aromatic heterocycles. The molecule has 0 radical (unpaired) electrons. The molecular formula is C38H54N6O10S2. The molecule has 6 amide bonds. The number of fused-ring (bicyclic) bond motifs is 8. The molecule has 0 aliphatic carbocycles. The number of rotatable bonds is 2. The number of hydrogen-bond donors (Lipinski definition) is 2. The fourth-order valence-corrected chi connectivity index (χ4v) is 13.2. The van der Waals surface area contributed by atoms with Crippen molar-refractivity contribution in [3.05, 3.63) is 0 Å². The summed E-state index contributed by atoms with van der Waals surface area (Å²) in [6, 6.07) is -4.05. The Morgan fingerprint density at radius 3 is 1.30 bits per heavy atom. The van der Waals surface area contributed by atoms with Gasteiger partial charge in [0.1, 0.15) is 35.2 Å². The van der Waals surface area contributed by atoms with Crippen LogP contribution in [0.2, 0.25) is 0 Å². The third kappa shape index (κ3) is 6.83. The van der Waals surface area contributed by atoms with Crippen LogP contribution < -0.4 is 0 Å². The van der Waals surface area contributed by atoms with Crippen LogP contribution in [0.25, 0.3) is 0 Å². The lowest BCUT2D eigenvalue weighted by Gasteiger charge is -2.40. The van der Waals surface area contributed by atoms with E-state index < -0.39 is 80.0 Å². The smallest absolute Gasteiger partial charge is 0.326 e. The average Bonchev–Trinajstić information content (AvgIpc) is 4.01. The van der Waals surface area contributed by atoms with Crippen molar-refractivity contribution in [2.45, 2.75) is 148 Å².